The van der Waals surface area contributed by atoms with E-state index >= 15 is 0 Å². The molecule has 212 valence electrons. The second-order valence-electron chi connectivity index (χ2n) is 9.89. The molecular weight excluding hydrogens is 527 g/mol. The fraction of sp³-hybridized carbons (Fsp3) is 0.310. The lowest BCUT2D eigenvalue weighted by atomic mass is 10.0. The summed E-state index contributed by atoms with van der Waals surface area (Å²) < 4.78 is 50.6. The molecule has 0 aliphatic rings. The summed E-state index contributed by atoms with van der Waals surface area (Å²) in [6.45, 7) is 4.92. The summed E-state index contributed by atoms with van der Waals surface area (Å²) in [5.74, 6) is -1.70. The number of rotatable bonds is 9. The summed E-state index contributed by atoms with van der Waals surface area (Å²) in [5, 5.41) is 2.54. The molecule has 0 spiro atoms. The number of halogens is 3. The standard InChI is InChI=1S/C29H30F3N3O5/c1-28(2,3)40-26(37)18-35(17-22-7-5-6-14-33-22)27(38)19-8-11-21(12-9-19)34-25(36)15-20-10-13-23(39-4)16-24(20)29(30,31)32/h5-14,16H,15,17-18H2,1-4H3,(H,34,36). The van der Waals surface area contributed by atoms with Gasteiger partial charge >= 0.3 is 12.1 Å². The van der Waals surface area contributed by atoms with Crippen molar-refractivity contribution in [1.29, 1.82) is 0 Å². The lowest BCUT2D eigenvalue weighted by Crippen LogP contribution is -2.38. The van der Waals surface area contributed by atoms with Crippen LogP contribution in [0.3, 0.4) is 0 Å². The number of pyridine rings is 1. The zero-order valence-corrected chi connectivity index (χ0v) is 22.5. The summed E-state index contributed by atoms with van der Waals surface area (Å²) in [4.78, 5) is 43.8. The molecule has 2 amide bonds. The third-order valence-corrected chi connectivity index (χ3v) is 5.50. The largest absolute Gasteiger partial charge is 0.497 e. The minimum atomic E-state index is -4.66. The lowest BCUT2D eigenvalue weighted by Gasteiger charge is -2.25. The minimum Gasteiger partial charge on any atom is -0.497 e. The smallest absolute Gasteiger partial charge is 0.416 e. The molecule has 1 N–H and O–H groups in total. The number of nitrogens with one attached hydrogen (secondary N) is 1. The second-order valence-corrected chi connectivity index (χ2v) is 9.89. The molecule has 3 rings (SSSR count). The molecule has 0 saturated heterocycles. The first-order valence-corrected chi connectivity index (χ1v) is 12.3. The fourth-order valence-electron chi connectivity index (χ4n) is 3.77. The number of amides is 2. The molecule has 11 heteroatoms. The first-order chi connectivity index (χ1) is 18.7. The molecule has 8 nitrogen and oxygen atoms in total. The van der Waals surface area contributed by atoms with Gasteiger partial charge in [-0.3, -0.25) is 19.4 Å². The van der Waals surface area contributed by atoms with Crippen LogP contribution in [0.25, 0.3) is 0 Å². The third kappa shape index (κ3) is 8.82. The Hall–Kier alpha value is -4.41. The van der Waals surface area contributed by atoms with Gasteiger partial charge < -0.3 is 19.7 Å². The van der Waals surface area contributed by atoms with E-state index in [0.717, 1.165) is 6.07 Å². The van der Waals surface area contributed by atoms with Gasteiger partial charge in [0.1, 0.15) is 17.9 Å². The highest BCUT2D eigenvalue weighted by atomic mass is 19.4. The number of carbonyl (C=O) groups excluding carboxylic acids is 3. The highest BCUT2D eigenvalue weighted by Crippen LogP contribution is 2.34. The highest BCUT2D eigenvalue weighted by molar-refractivity contribution is 5.97. The second kappa shape index (κ2) is 12.6. The molecule has 2 aromatic carbocycles. The van der Waals surface area contributed by atoms with Crippen LogP contribution in [0, 0.1) is 0 Å². The van der Waals surface area contributed by atoms with Crippen molar-refractivity contribution in [3.05, 3.63) is 89.2 Å². The van der Waals surface area contributed by atoms with E-state index in [1.165, 1.54) is 48.4 Å². The summed E-state index contributed by atoms with van der Waals surface area (Å²) in [5.41, 5.74) is -0.812. The normalized spacial score (nSPS) is 11.5. The summed E-state index contributed by atoms with van der Waals surface area (Å²) in [6.07, 6.45) is -3.60. The van der Waals surface area contributed by atoms with Gasteiger partial charge in [-0.2, -0.15) is 13.2 Å². The quantitative estimate of drug-likeness (QED) is 0.360. The number of benzene rings is 2. The predicted octanol–water partition coefficient (Wildman–Crippen LogP) is 5.27. The van der Waals surface area contributed by atoms with E-state index in [-0.39, 0.29) is 35.7 Å². The van der Waals surface area contributed by atoms with E-state index in [1.807, 2.05) is 0 Å². The van der Waals surface area contributed by atoms with Crippen LogP contribution in [0.15, 0.2) is 66.9 Å². The monoisotopic (exact) mass is 557 g/mol. The molecule has 0 saturated carbocycles. The molecular formula is C29H30F3N3O5. The van der Waals surface area contributed by atoms with Gasteiger partial charge in [0.05, 0.1) is 31.3 Å². The highest BCUT2D eigenvalue weighted by Gasteiger charge is 2.34. The molecule has 1 aromatic heterocycles. The summed E-state index contributed by atoms with van der Waals surface area (Å²) in [6, 6.07) is 14.4. The number of alkyl halides is 3. The number of esters is 1. The van der Waals surface area contributed by atoms with Crippen LogP contribution >= 0.6 is 0 Å². The Morgan fingerprint density at radius 1 is 0.975 bits per heavy atom. The van der Waals surface area contributed by atoms with Crippen molar-refractivity contribution in [1.82, 2.24) is 9.88 Å². The SMILES string of the molecule is COc1ccc(CC(=O)Nc2ccc(C(=O)N(CC(=O)OC(C)(C)C)Cc3ccccn3)cc2)c(C(F)(F)F)c1. The van der Waals surface area contributed by atoms with Crippen LogP contribution in [0.2, 0.25) is 0 Å². The zero-order chi connectivity index (χ0) is 29.5. The molecule has 0 unspecified atom stereocenters. The number of hydrogen-bond acceptors (Lipinski definition) is 6. The van der Waals surface area contributed by atoms with Gasteiger partial charge in [-0.05, 0) is 74.9 Å². The van der Waals surface area contributed by atoms with Gasteiger partial charge in [0.2, 0.25) is 5.91 Å². The number of carbonyl (C=O) groups is 3. The Labute approximate surface area is 230 Å². The average molecular weight is 558 g/mol. The first-order valence-electron chi connectivity index (χ1n) is 12.3. The van der Waals surface area contributed by atoms with E-state index in [9.17, 15) is 27.6 Å². The van der Waals surface area contributed by atoms with Crippen molar-refractivity contribution in [2.24, 2.45) is 0 Å². The van der Waals surface area contributed by atoms with Crippen molar-refractivity contribution in [2.75, 3.05) is 19.0 Å². The minimum absolute atomic E-state index is 0.0282. The number of ether oxygens (including phenoxy) is 2. The van der Waals surface area contributed by atoms with Crippen LogP contribution in [-0.2, 0) is 33.5 Å². The summed E-state index contributed by atoms with van der Waals surface area (Å²) in [7, 11) is 1.26. The maximum atomic E-state index is 13.5. The van der Waals surface area contributed by atoms with Crippen molar-refractivity contribution in [3.63, 3.8) is 0 Å². The predicted molar refractivity (Wildman–Crippen MR) is 142 cm³/mol. The van der Waals surface area contributed by atoms with Gasteiger partial charge in [0.25, 0.3) is 5.91 Å². The lowest BCUT2D eigenvalue weighted by molar-refractivity contribution is -0.155. The van der Waals surface area contributed by atoms with Crippen molar-refractivity contribution >= 4 is 23.5 Å². The molecule has 0 atom stereocenters. The van der Waals surface area contributed by atoms with E-state index < -0.39 is 41.5 Å². The third-order valence-electron chi connectivity index (χ3n) is 5.50. The molecule has 0 aliphatic carbocycles. The van der Waals surface area contributed by atoms with Crippen molar-refractivity contribution in [3.8, 4) is 5.75 Å². The molecule has 1 heterocycles. The first kappa shape index (κ1) is 30.1. The topological polar surface area (TPSA) is 97.8 Å². The molecule has 0 fully saturated rings. The Morgan fingerprint density at radius 3 is 2.25 bits per heavy atom. The van der Waals surface area contributed by atoms with Gasteiger partial charge in [-0.25, -0.2) is 0 Å². The van der Waals surface area contributed by atoms with E-state index in [1.54, 1.807) is 45.2 Å². The molecule has 0 radical (unpaired) electrons. The van der Waals surface area contributed by atoms with Gasteiger partial charge in [-0.1, -0.05) is 12.1 Å². The summed E-state index contributed by atoms with van der Waals surface area (Å²) >= 11 is 0. The van der Waals surface area contributed by atoms with E-state index in [4.69, 9.17) is 9.47 Å². The van der Waals surface area contributed by atoms with Gasteiger partial charge in [0, 0.05) is 17.4 Å². The number of anilines is 1. The average Bonchev–Trinajstić information content (AvgIpc) is 2.87. The zero-order valence-electron chi connectivity index (χ0n) is 22.5. The molecule has 0 bridgehead atoms. The van der Waals surface area contributed by atoms with Crippen LogP contribution in [0.5, 0.6) is 5.75 Å². The maximum Gasteiger partial charge on any atom is 0.416 e. The Morgan fingerprint density at radius 2 is 1.68 bits per heavy atom. The number of hydrogen-bond donors (Lipinski definition) is 1. The number of aromatic nitrogens is 1. The van der Waals surface area contributed by atoms with Crippen LogP contribution < -0.4 is 10.1 Å². The maximum absolute atomic E-state index is 13.5. The molecule has 3 aromatic rings. The number of methoxy groups -OCH3 is 1. The van der Waals surface area contributed by atoms with Crippen LogP contribution in [-0.4, -0.2) is 46.9 Å². The van der Waals surface area contributed by atoms with E-state index in [0.29, 0.717) is 5.69 Å². The van der Waals surface area contributed by atoms with Crippen LogP contribution in [0.1, 0.15) is 48.0 Å². The Kier molecular flexibility index (Phi) is 9.51. The Balaban J connectivity index is 1.73. The molecule has 0 aliphatic heterocycles. The van der Waals surface area contributed by atoms with E-state index in [2.05, 4.69) is 10.3 Å². The van der Waals surface area contributed by atoms with Gasteiger partial charge in [0.15, 0.2) is 0 Å². The molecule has 40 heavy (non-hydrogen) atoms. The van der Waals surface area contributed by atoms with Crippen molar-refractivity contribution < 1.29 is 37.0 Å². The van der Waals surface area contributed by atoms with Crippen molar-refractivity contribution in [2.45, 2.75) is 45.5 Å². The fourth-order valence-corrected chi connectivity index (χ4v) is 3.77. The van der Waals surface area contributed by atoms with Crippen LogP contribution in [0.4, 0.5) is 18.9 Å². The number of nitrogens with zero attached hydrogens (tertiary/aromatic N) is 2. The Bertz CT molecular complexity index is 1340. The van der Waals surface area contributed by atoms with Gasteiger partial charge in [-0.15, -0.1) is 0 Å².